The minimum atomic E-state index is 0.0136. The second-order valence-corrected chi connectivity index (χ2v) is 4.06. The van der Waals surface area contributed by atoms with Gasteiger partial charge in [0.2, 0.25) is 11.9 Å². The van der Waals surface area contributed by atoms with Crippen LogP contribution < -0.4 is 20.9 Å². The molecule has 0 saturated heterocycles. The van der Waals surface area contributed by atoms with Crippen LogP contribution in [0.2, 0.25) is 0 Å². The SMILES string of the molecule is COc1cccc(C=NOCc2nc(N)nc(N)n2)c1OC. The lowest BCUT2D eigenvalue weighted by molar-refractivity contribution is 0.126. The van der Waals surface area contributed by atoms with Gasteiger partial charge in [-0.2, -0.15) is 15.0 Å². The molecule has 116 valence electrons. The van der Waals surface area contributed by atoms with Crippen molar-refractivity contribution < 1.29 is 14.3 Å². The van der Waals surface area contributed by atoms with Gasteiger partial charge in [0, 0.05) is 5.56 Å². The highest BCUT2D eigenvalue weighted by Gasteiger charge is 2.07. The molecular weight excluding hydrogens is 288 g/mol. The topological polar surface area (TPSA) is 131 Å². The highest BCUT2D eigenvalue weighted by atomic mass is 16.6. The van der Waals surface area contributed by atoms with Crippen molar-refractivity contribution in [2.24, 2.45) is 5.16 Å². The zero-order valence-corrected chi connectivity index (χ0v) is 12.2. The van der Waals surface area contributed by atoms with Crippen molar-refractivity contribution in [1.29, 1.82) is 0 Å². The smallest absolute Gasteiger partial charge is 0.225 e. The maximum absolute atomic E-state index is 5.46. The molecule has 2 rings (SSSR count). The van der Waals surface area contributed by atoms with Crippen molar-refractivity contribution in [3.05, 3.63) is 29.6 Å². The normalized spacial score (nSPS) is 10.6. The number of methoxy groups -OCH3 is 2. The van der Waals surface area contributed by atoms with Gasteiger partial charge in [-0.1, -0.05) is 11.2 Å². The van der Waals surface area contributed by atoms with Crippen LogP contribution in [0.3, 0.4) is 0 Å². The lowest BCUT2D eigenvalue weighted by Gasteiger charge is -2.09. The monoisotopic (exact) mass is 304 g/mol. The van der Waals surface area contributed by atoms with E-state index in [2.05, 4.69) is 20.1 Å². The maximum Gasteiger partial charge on any atom is 0.225 e. The standard InChI is InChI=1S/C13H16N6O3/c1-20-9-5-3-4-8(11(9)21-2)6-16-22-7-10-17-12(14)19-13(15)18-10/h3-6H,7H2,1-2H3,(H4,14,15,17,18,19). The Morgan fingerprint density at radius 3 is 2.45 bits per heavy atom. The average molecular weight is 304 g/mol. The summed E-state index contributed by atoms with van der Waals surface area (Å²) in [6, 6.07) is 5.41. The van der Waals surface area contributed by atoms with Gasteiger partial charge in [-0.05, 0) is 12.1 Å². The van der Waals surface area contributed by atoms with E-state index < -0.39 is 0 Å². The highest BCUT2D eigenvalue weighted by Crippen LogP contribution is 2.29. The van der Waals surface area contributed by atoms with Crippen molar-refractivity contribution in [2.45, 2.75) is 6.61 Å². The summed E-state index contributed by atoms with van der Waals surface area (Å²) in [5.74, 6) is 1.52. The fourth-order valence-electron chi connectivity index (χ4n) is 1.72. The molecule has 9 nitrogen and oxygen atoms in total. The number of hydrogen-bond donors (Lipinski definition) is 2. The van der Waals surface area contributed by atoms with Crippen LogP contribution >= 0.6 is 0 Å². The maximum atomic E-state index is 5.46. The Balaban J connectivity index is 2.04. The van der Waals surface area contributed by atoms with E-state index in [1.807, 2.05) is 12.1 Å². The first-order valence-corrected chi connectivity index (χ1v) is 6.26. The largest absolute Gasteiger partial charge is 0.493 e. The Morgan fingerprint density at radius 1 is 1.09 bits per heavy atom. The molecule has 22 heavy (non-hydrogen) atoms. The number of rotatable bonds is 6. The summed E-state index contributed by atoms with van der Waals surface area (Å²) in [6.45, 7) is 0.0136. The fourth-order valence-corrected chi connectivity index (χ4v) is 1.72. The molecule has 9 heteroatoms. The average Bonchev–Trinajstić information content (AvgIpc) is 2.50. The number of para-hydroxylation sites is 1. The second kappa shape index (κ2) is 7.07. The van der Waals surface area contributed by atoms with Crippen LogP contribution in [0.1, 0.15) is 11.4 Å². The Morgan fingerprint density at radius 2 is 1.82 bits per heavy atom. The predicted octanol–water partition coefficient (Wildman–Crippen LogP) is 0.604. The molecule has 0 unspecified atom stereocenters. The van der Waals surface area contributed by atoms with E-state index in [0.29, 0.717) is 22.9 Å². The Bertz CT molecular complexity index is 657. The van der Waals surface area contributed by atoms with Gasteiger partial charge < -0.3 is 25.8 Å². The lowest BCUT2D eigenvalue weighted by Crippen LogP contribution is -2.07. The predicted molar refractivity (Wildman–Crippen MR) is 80.6 cm³/mol. The number of anilines is 2. The third-order valence-electron chi connectivity index (χ3n) is 2.61. The molecule has 0 aliphatic carbocycles. The van der Waals surface area contributed by atoms with Crippen molar-refractivity contribution in [3.8, 4) is 11.5 Å². The van der Waals surface area contributed by atoms with Crippen LogP contribution in [-0.2, 0) is 11.4 Å². The number of hydrogen-bond acceptors (Lipinski definition) is 9. The van der Waals surface area contributed by atoms with Crippen molar-refractivity contribution in [3.63, 3.8) is 0 Å². The molecule has 0 amide bonds. The van der Waals surface area contributed by atoms with E-state index >= 15 is 0 Å². The molecule has 0 aliphatic rings. The molecule has 1 aromatic heterocycles. The number of benzene rings is 1. The van der Waals surface area contributed by atoms with E-state index in [4.69, 9.17) is 25.8 Å². The van der Waals surface area contributed by atoms with Crippen molar-refractivity contribution >= 4 is 18.1 Å². The summed E-state index contributed by atoms with van der Waals surface area (Å²) in [7, 11) is 3.11. The quantitative estimate of drug-likeness (QED) is 0.586. The van der Waals surface area contributed by atoms with Gasteiger partial charge in [-0.25, -0.2) is 0 Å². The fraction of sp³-hybridized carbons (Fsp3) is 0.231. The molecule has 0 fully saturated rings. The molecule has 0 aliphatic heterocycles. The number of ether oxygens (including phenoxy) is 2. The summed E-state index contributed by atoms with van der Waals surface area (Å²) in [5.41, 5.74) is 11.6. The summed E-state index contributed by atoms with van der Waals surface area (Å²) in [6.07, 6.45) is 1.50. The van der Waals surface area contributed by atoms with Crippen LogP contribution in [0.5, 0.6) is 11.5 Å². The number of nitrogens with zero attached hydrogens (tertiary/aromatic N) is 4. The lowest BCUT2D eigenvalue weighted by atomic mass is 10.2. The van der Waals surface area contributed by atoms with Crippen molar-refractivity contribution in [1.82, 2.24) is 15.0 Å². The van der Waals surface area contributed by atoms with Gasteiger partial charge in [-0.15, -0.1) is 0 Å². The first-order valence-electron chi connectivity index (χ1n) is 6.26. The molecule has 0 radical (unpaired) electrons. The molecule has 0 spiro atoms. The number of nitrogens with two attached hydrogens (primary N) is 2. The Kier molecular flexibility index (Phi) is 4.91. The van der Waals surface area contributed by atoms with E-state index in [1.165, 1.54) is 6.21 Å². The molecule has 0 bridgehead atoms. The minimum Gasteiger partial charge on any atom is -0.493 e. The Labute approximate surface area is 126 Å². The zero-order valence-electron chi connectivity index (χ0n) is 12.2. The molecule has 1 aromatic carbocycles. The summed E-state index contributed by atoms with van der Waals surface area (Å²) in [4.78, 5) is 16.5. The molecule has 0 atom stereocenters. The van der Waals surface area contributed by atoms with Gasteiger partial charge in [0.15, 0.2) is 23.9 Å². The third kappa shape index (κ3) is 3.72. The molecule has 0 saturated carbocycles. The minimum absolute atomic E-state index is 0.0136. The molecule has 4 N–H and O–H groups in total. The molecule has 1 heterocycles. The summed E-state index contributed by atoms with van der Waals surface area (Å²) in [5, 5.41) is 3.84. The van der Waals surface area contributed by atoms with Gasteiger partial charge in [0.25, 0.3) is 0 Å². The number of oxime groups is 1. The third-order valence-corrected chi connectivity index (χ3v) is 2.61. The summed E-state index contributed by atoms with van der Waals surface area (Å²) >= 11 is 0. The van der Waals surface area contributed by atoms with Crippen LogP contribution in [0.15, 0.2) is 23.4 Å². The van der Waals surface area contributed by atoms with Crippen molar-refractivity contribution in [2.75, 3.05) is 25.7 Å². The Hall–Kier alpha value is -3.10. The number of nitrogen functional groups attached to an aromatic ring is 2. The van der Waals surface area contributed by atoms with Crippen LogP contribution in [0, 0.1) is 0 Å². The first kappa shape index (κ1) is 15.3. The first-order chi connectivity index (χ1) is 10.6. The van der Waals surface area contributed by atoms with Gasteiger partial charge >= 0.3 is 0 Å². The van der Waals surface area contributed by atoms with E-state index in [0.717, 1.165) is 0 Å². The van der Waals surface area contributed by atoms with Gasteiger partial charge in [-0.3, -0.25) is 0 Å². The van der Waals surface area contributed by atoms with E-state index in [9.17, 15) is 0 Å². The number of aromatic nitrogens is 3. The second-order valence-electron chi connectivity index (χ2n) is 4.06. The van der Waals surface area contributed by atoms with Crippen LogP contribution in [-0.4, -0.2) is 35.4 Å². The zero-order chi connectivity index (χ0) is 15.9. The van der Waals surface area contributed by atoms with E-state index in [1.54, 1.807) is 20.3 Å². The van der Waals surface area contributed by atoms with Crippen LogP contribution in [0.4, 0.5) is 11.9 Å². The molecular formula is C13H16N6O3. The summed E-state index contributed by atoms with van der Waals surface area (Å²) < 4.78 is 10.5. The van der Waals surface area contributed by atoms with Gasteiger partial charge in [0.05, 0.1) is 20.4 Å². The van der Waals surface area contributed by atoms with E-state index in [-0.39, 0.29) is 18.5 Å². The van der Waals surface area contributed by atoms with Crippen LogP contribution in [0.25, 0.3) is 0 Å². The highest BCUT2D eigenvalue weighted by molar-refractivity contribution is 5.84. The van der Waals surface area contributed by atoms with Gasteiger partial charge in [0.1, 0.15) is 0 Å². The molecule has 2 aromatic rings.